The van der Waals surface area contributed by atoms with E-state index in [1.54, 1.807) is 13.2 Å². The third-order valence-corrected chi connectivity index (χ3v) is 5.49. The zero-order chi connectivity index (χ0) is 18.2. The van der Waals surface area contributed by atoms with Gasteiger partial charge in [-0.05, 0) is 25.0 Å². The van der Waals surface area contributed by atoms with Crippen molar-refractivity contribution in [3.05, 3.63) is 24.3 Å². The molecular weight excluding hydrogens is 332 g/mol. The number of hydrogen-bond donors (Lipinski definition) is 1. The molecule has 1 saturated carbocycles. The van der Waals surface area contributed by atoms with Gasteiger partial charge in [0, 0.05) is 31.2 Å². The maximum Gasteiger partial charge on any atom is 0.258 e. The summed E-state index contributed by atoms with van der Waals surface area (Å²) in [7, 11) is 1.61. The van der Waals surface area contributed by atoms with Crippen LogP contribution in [-0.2, 0) is 9.53 Å². The summed E-state index contributed by atoms with van der Waals surface area (Å²) in [6, 6.07) is 7.30. The predicted molar refractivity (Wildman–Crippen MR) is 99.7 cm³/mol. The molecule has 1 aromatic carbocycles. The molecular formula is C20H30N2O4. The Labute approximate surface area is 155 Å². The highest BCUT2D eigenvalue weighted by molar-refractivity contribution is 5.77. The molecule has 0 bridgehead atoms. The van der Waals surface area contributed by atoms with Crippen LogP contribution < -0.4 is 14.8 Å². The standard InChI is InChI=1S/C20H30N2O4/c1-24-17-6-5-7-18(14-17)26-15-19(23)21-16-20(8-3-2-4-9-20)22-10-12-25-13-11-22/h5-7,14H,2-4,8-13,15-16H2,1H3,(H,21,23). The number of nitrogens with one attached hydrogen (secondary N) is 1. The molecule has 0 spiro atoms. The summed E-state index contributed by atoms with van der Waals surface area (Å²) in [5, 5.41) is 3.11. The average Bonchev–Trinajstić information content (AvgIpc) is 2.72. The van der Waals surface area contributed by atoms with Crippen LogP contribution in [0.5, 0.6) is 11.5 Å². The minimum Gasteiger partial charge on any atom is -0.497 e. The molecule has 1 N–H and O–H groups in total. The number of nitrogens with zero attached hydrogens (tertiary/aromatic N) is 1. The summed E-state index contributed by atoms with van der Waals surface area (Å²) in [6.07, 6.45) is 6.04. The highest BCUT2D eigenvalue weighted by Gasteiger charge is 2.38. The Morgan fingerprint density at radius 1 is 1.19 bits per heavy atom. The Bertz CT molecular complexity index is 581. The number of amides is 1. The first-order chi connectivity index (χ1) is 12.7. The number of benzene rings is 1. The van der Waals surface area contributed by atoms with E-state index >= 15 is 0 Å². The van der Waals surface area contributed by atoms with Crippen molar-refractivity contribution >= 4 is 5.91 Å². The van der Waals surface area contributed by atoms with Gasteiger partial charge < -0.3 is 19.5 Å². The van der Waals surface area contributed by atoms with E-state index in [0.29, 0.717) is 12.3 Å². The van der Waals surface area contributed by atoms with Crippen molar-refractivity contribution in [1.82, 2.24) is 10.2 Å². The van der Waals surface area contributed by atoms with Crippen molar-refractivity contribution in [2.75, 3.05) is 46.6 Å². The molecule has 144 valence electrons. The van der Waals surface area contributed by atoms with E-state index in [1.807, 2.05) is 18.2 Å². The lowest BCUT2D eigenvalue weighted by Crippen LogP contribution is -2.60. The zero-order valence-corrected chi connectivity index (χ0v) is 15.7. The normalized spacial score (nSPS) is 20.3. The fraction of sp³-hybridized carbons (Fsp3) is 0.650. The Balaban J connectivity index is 1.52. The minimum atomic E-state index is -0.0778. The Kier molecular flexibility index (Phi) is 6.74. The molecule has 1 amide bonds. The molecule has 3 rings (SSSR count). The van der Waals surface area contributed by atoms with Gasteiger partial charge in [-0.1, -0.05) is 25.3 Å². The van der Waals surface area contributed by atoms with Crippen LogP contribution in [-0.4, -0.2) is 62.9 Å². The number of morpholine rings is 1. The van der Waals surface area contributed by atoms with Crippen molar-refractivity contribution < 1.29 is 19.0 Å². The van der Waals surface area contributed by atoms with E-state index in [0.717, 1.165) is 44.9 Å². The summed E-state index contributed by atoms with van der Waals surface area (Å²) in [5.41, 5.74) is 0.0770. The van der Waals surface area contributed by atoms with Gasteiger partial charge in [-0.2, -0.15) is 0 Å². The number of hydrogen-bond acceptors (Lipinski definition) is 5. The van der Waals surface area contributed by atoms with Gasteiger partial charge in [0.2, 0.25) is 0 Å². The minimum absolute atomic E-state index is 0.0202. The molecule has 1 heterocycles. The first-order valence-electron chi connectivity index (χ1n) is 9.58. The van der Waals surface area contributed by atoms with E-state index < -0.39 is 0 Å². The van der Waals surface area contributed by atoms with Gasteiger partial charge in [0.05, 0.1) is 20.3 Å². The van der Waals surface area contributed by atoms with E-state index in [1.165, 1.54) is 19.3 Å². The van der Waals surface area contributed by atoms with Crippen LogP contribution in [0.3, 0.4) is 0 Å². The lowest BCUT2D eigenvalue weighted by molar-refractivity contribution is -0.124. The molecule has 6 heteroatoms. The van der Waals surface area contributed by atoms with Crippen LogP contribution in [0.15, 0.2) is 24.3 Å². The van der Waals surface area contributed by atoms with Crippen molar-refractivity contribution in [3.8, 4) is 11.5 Å². The summed E-state index contributed by atoms with van der Waals surface area (Å²) in [6.45, 7) is 4.19. The maximum absolute atomic E-state index is 12.3. The Hall–Kier alpha value is -1.79. The van der Waals surface area contributed by atoms with Gasteiger partial charge >= 0.3 is 0 Å². The number of rotatable bonds is 7. The lowest BCUT2D eigenvalue weighted by atomic mass is 9.79. The first kappa shape index (κ1) is 19.0. The molecule has 0 unspecified atom stereocenters. The fourth-order valence-electron chi connectivity index (χ4n) is 4.01. The average molecular weight is 362 g/mol. The van der Waals surface area contributed by atoms with Crippen molar-refractivity contribution in [2.24, 2.45) is 0 Å². The molecule has 6 nitrogen and oxygen atoms in total. The van der Waals surface area contributed by atoms with E-state index in [2.05, 4.69) is 10.2 Å². The van der Waals surface area contributed by atoms with Crippen LogP contribution in [0.4, 0.5) is 0 Å². The third-order valence-electron chi connectivity index (χ3n) is 5.49. The second-order valence-corrected chi connectivity index (χ2v) is 7.13. The van der Waals surface area contributed by atoms with Gasteiger partial charge in [0.1, 0.15) is 11.5 Å². The molecule has 1 aromatic rings. The Morgan fingerprint density at radius 3 is 2.65 bits per heavy atom. The largest absolute Gasteiger partial charge is 0.497 e. The van der Waals surface area contributed by atoms with E-state index in [-0.39, 0.29) is 18.1 Å². The van der Waals surface area contributed by atoms with Crippen LogP contribution in [0.2, 0.25) is 0 Å². The predicted octanol–water partition coefficient (Wildman–Crippen LogP) is 2.23. The zero-order valence-electron chi connectivity index (χ0n) is 15.7. The smallest absolute Gasteiger partial charge is 0.258 e. The van der Waals surface area contributed by atoms with Gasteiger partial charge in [0.15, 0.2) is 6.61 Å². The van der Waals surface area contributed by atoms with Crippen LogP contribution in [0.25, 0.3) is 0 Å². The molecule has 0 atom stereocenters. The topological polar surface area (TPSA) is 60.0 Å². The highest BCUT2D eigenvalue weighted by Crippen LogP contribution is 2.33. The quantitative estimate of drug-likeness (QED) is 0.806. The number of carbonyl (C=O) groups is 1. The molecule has 26 heavy (non-hydrogen) atoms. The lowest BCUT2D eigenvalue weighted by Gasteiger charge is -2.48. The number of ether oxygens (including phenoxy) is 3. The molecule has 2 fully saturated rings. The second-order valence-electron chi connectivity index (χ2n) is 7.13. The molecule has 1 saturated heterocycles. The number of methoxy groups -OCH3 is 1. The van der Waals surface area contributed by atoms with E-state index in [9.17, 15) is 4.79 Å². The van der Waals surface area contributed by atoms with Gasteiger partial charge in [0.25, 0.3) is 5.91 Å². The molecule has 2 aliphatic rings. The molecule has 1 aliphatic heterocycles. The summed E-state index contributed by atoms with van der Waals surface area (Å²) < 4.78 is 16.3. The summed E-state index contributed by atoms with van der Waals surface area (Å²) in [4.78, 5) is 14.9. The van der Waals surface area contributed by atoms with Gasteiger partial charge in [-0.3, -0.25) is 9.69 Å². The van der Waals surface area contributed by atoms with Crippen molar-refractivity contribution in [3.63, 3.8) is 0 Å². The third kappa shape index (κ3) is 4.89. The first-order valence-corrected chi connectivity index (χ1v) is 9.58. The second kappa shape index (κ2) is 9.24. The monoisotopic (exact) mass is 362 g/mol. The van der Waals surface area contributed by atoms with Crippen LogP contribution in [0.1, 0.15) is 32.1 Å². The van der Waals surface area contributed by atoms with Gasteiger partial charge in [-0.15, -0.1) is 0 Å². The summed E-state index contributed by atoms with van der Waals surface area (Å²) in [5.74, 6) is 1.28. The Morgan fingerprint density at radius 2 is 1.92 bits per heavy atom. The van der Waals surface area contributed by atoms with Crippen LogP contribution >= 0.6 is 0 Å². The number of carbonyl (C=O) groups excluding carboxylic acids is 1. The SMILES string of the molecule is COc1cccc(OCC(=O)NCC2(N3CCOCC3)CCCCC2)c1. The maximum atomic E-state index is 12.3. The molecule has 0 aromatic heterocycles. The van der Waals surface area contributed by atoms with Crippen molar-refractivity contribution in [1.29, 1.82) is 0 Å². The van der Waals surface area contributed by atoms with E-state index in [4.69, 9.17) is 14.2 Å². The van der Waals surface area contributed by atoms with Gasteiger partial charge in [-0.25, -0.2) is 0 Å². The molecule has 0 radical (unpaired) electrons. The molecule has 1 aliphatic carbocycles. The van der Waals surface area contributed by atoms with Crippen molar-refractivity contribution in [2.45, 2.75) is 37.6 Å². The highest BCUT2D eigenvalue weighted by atomic mass is 16.5. The van der Waals surface area contributed by atoms with Crippen LogP contribution in [0, 0.1) is 0 Å². The summed E-state index contributed by atoms with van der Waals surface area (Å²) >= 11 is 0. The fourth-order valence-corrected chi connectivity index (χ4v) is 4.01.